The molecule has 4 heteroatoms. The number of imide groups is 1. The predicted molar refractivity (Wildman–Crippen MR) is 107 cm³/mol. The number of rotatable bonds is 2. The lowest BCUT2D eigenvalue weighted by Gasteiger charge is -2.46. The van der Waals surface area contributed by atoms with Gasteiger partial charge in [0, 0.05) is 16.3 Å². The van der Waals surface area contributed by atoms with E-state index in [9.17, 15) is 9.59 Å². The molecule has 4 aliphatic rings. The van der Waals surface area contributed by atoms with E-state index in [0.29, 0.717) is 6.54 Å². The first-order chi connectivity index (χ1) is 13.0. The molecule has 0 spiro atoms. The second kappa shape index (κ2) is 5.90. The van der Waals surface area contributed by atoms with Gasteiger partial charge in [0.15, 0.2) is 0 Å². The summed E-state index contributed by atoms with van der Waals surface area (Å²) < 4.78 is 0.989. The van der Waals surface area contributed by atoms with Crippen LogP contribution in [0.1, 0.15) is 42.4 Å². The van der Waals surface area contributed by atoms with Gasteiger partial charge < -0.3 is 0 Å². The molecule has 0 saturated carbocycles. The van der Waals surface area contributed by atoms with Crippen molar-refractivity contribution in [3.05, 3.63) is 80.8 Å². The number of hydrogen-bond acceptors (Lipinski definition) is 2. The van der Waals surface area contributed by atoms with E-state index in [4.69, 9.17) is 0 Å². The van der Waals surface area contributed by atoms with Gasteiger partial charge in [0.1, 0.15) is 0 Å². The fraction of sp³-hybridized carbons (Fsp3) is 0.304. The van der Waals surface area contributed by atoms with E-state index in [2.05, 4.69) is 41.9 Å². The van der Waals surface area contributed by atoms with E-state index in [1.54, 1.807) is 0 Å². The largest absolute Gasteiger partial charge is 0.278 e. The Hall–Kier alpha value is -2.20. The van der Waals surface area contributed by atoms with Gasteiger partial charge in [-0.05, 0) is 42.7 Å². The van der Waals surface area contributed by atoms with Crippen molar-refractivity contribution in [2.24, 2.45) is 11.8 Å². The summed E-state index contributed by atoms with van der Waals surface area (Å²) in [6, 6.07) is 16.2. The molecule has 6 rings (SSSR count). The molecule has 1 heterocycles. The predicted octanol–water partition coefficient (Wildman–Crippen LogP) is 4.78. The Kier molecular flexibility index (Phi) is 3.70. The van der Waals surface area contributed by atoms with Gasteiger partial charge in [-0.3, -0.25) is 14.5 Å². The average Bonchev–Trinajstić information content (AvgIpc) is 2.91. The minimum absolute atomic E-state index is 0.00993. The Bertz CT molecular complexity index is 950. The van der Waals surface area contributed by atoms with Crippen molar-refractivity contribution < 1.29 is 9.59 Å². The Morgan fingerprint density at radius 3 is 1.78 bits per heavy atom. The van der Waals surface area contributed by atoms with Crippen molar-refractivity contribution in [1.29, 1.82) is 0 Å². The minimum Gasteiger partial charge on any atom is -0.278 e. The number of allylic oxidation sites excluding steroid dienone is 2. The summed E-state index contributed by atoms with van der Waals surface area (Å²) in [6.07, 6.45) is 0. The normalized spacial score (nSPS) is 28.6. The number of carbonyl (C=O) groups excluding carboxylic acids is 2. The first-order valence-corrected chi connectivity index (χ1v) is 10.1. The third-order valence-electron chi connectivity index (χ3n) is 6.68. The van der Waals surface area contributed by atoms with Gasteiger partial charge >= 0.3 is 0 Å². The molecule has 1 aliphatic heterocycles. The molecule has 136 valence electrons. The van der Waals surface area contributed by atoms with E-state index in [0.717, 1.165) is 10.0 Å². The number of carbonyl (C=O) groups is 2. The molecule has 2 bridgehead atoms. The quantitative estimate of drug-likeness (QED) is 0.516. The zero-order valence-corrected chi connectivity index (χ0v) is 16.9. The fourth-order valence-electron chi connectivity index (χ4n) is 5.36. The van der Waals surface area contributed by atoms with Crippen LogP contribution in [0.4, 0.5) is 0 Å². The first-order valence-electron chi connectivity index (χ1n) is 9.34. The summed E-state index contributed by atoms with van der Waals surface area (Å²) in [5, 5.41) is 0. The molecule has 1 fully saturated rings. The van der Waals surface area contributed by atoms with E-state index in [1.165, 1.54) is 27.2 Å². The first kappa shape index (κ1) is 16.9. The minimum atomic E-state index is -0.253. The Balaban J connectivity index is 1.57. The smallest absolute Gasteiger partial charge is 0.234 e. The number of likely N-dealkylation sites (tertiary alicyclic amines) is 1. The van der Waals surface area contributed by atoms with E-state index in [1.807, 2.05) is 36.4 Å². The molecule has 0 radical (unpaired) electrons. The average molecular weight is 422 g/mol. The lowest BCUT2D eigenvalue weighted by molar-refractivity contribution is -0.140. The Morgan fingerprint density at radius 2 is 1.30 bits per heavy atom. The van der Waals surface area contributed by atoms with Crippen LogP contribution >= 0.6 is 15.9 Å². The third kappa shape index (κ3) is 2.26. The van der Waals surface area contributed by atoms with Gasteiger partial charge in [0.05, 0.1) is 18.4 Å². The molecule has 3 aliphatic carbocycles. The Labute approximate surface area is 167 Å². The number of benzene rings is 2. The topological polar surface area (TPSA) is 37.4 Å². The summed E-state index contributed by atoms with van der Waals surface area (Å²) in [7, 11) is 0. The molecule has 27 heavy (non-hydrogen) atoms. The van der Waals surface area contributed by atoms with Crippen LogP contribution in [0.25, 0.3) is 0 Å². The molecule has 4 unspecified atom stereocenters. The molecular formula is C23H20BrNO2. The molecule has 0 aromatic heterocycles. The van der Waals surface area contributed by atoms with Crippen LogP contribution in [-0.4, -0.2) is 16.7 Å². The zero-order valence-electron chi connectivity index (χ0n) is 15.3. The lowest BCUT2D eigenvalue weighted by Crippen LogP contribution is -2.40. The highest BCUT2D eigenvalue weighted by Crippen LogP contribution is 2.60. The maximum Gasteiger partial charge on any atom is 0.234 e. The van der Waals surface area contributed by atoms with Gasteiger partial charge in [-0.25, -0.2) is 0 Å². The maximum absolute atomic E-state index is 13.3. The number of halogens is 1. The van der Waals surface area contributed by atoms with Gasteiger partial charge in [-0.1, -0.05) is 63.5 Å². The monoisotopic (exact) mass is 421 g/mol. The van der Waals surface area contributed by atoms with E-state index < -0.39 is 0 Å². The summed E-state index contributed by atoms with van der Waals surface area (Å²) in [5.74, 6) is -0.466. The highest BCUT2D eigenvalue weighted by atomic mass is 79.9. The van der Waals surface area contributed by atoms with Crippen LogP contribution in [0.15, 0.2) is 64.1 Å². The van der Waals surface area contributed by atoms with Gasteiger partial charge in [-0.15, -0.1) is 0 Å². The molecule has 2 aromatic carbocycles. The third-order valence-corrected chi connectivity index (χ3v) is 7.21. The van der Waals surface area contributed by atoms with Crippen molar-refractivity contribution in [3.8, 4) is 0 Å². The van der Waals surface area contributed by atoms with Gasteiger partial charge in [-0.2, -0.15) is 0 Å². The maximum atomic E-state index is 13.3. The SMILES string of the molecule is CC1=C(C)C2c3ccccc3C1C1C(=O)N(Cc3ccc(Br)cc3)C(=O)C21. The molecule has 1 saturated heterocycles. The van der Waals surface area contributed by atoms with Crippen LogP contribution in [0.5, 0.6) is 0 Å². The molecule has 2 amide bonds. The summed E-state index contributed by atoms with van der Waals surface area (Å²) in [5.41, 5.74) is 5.99. The summed E-state index contributed by atoms with van der Waals surface area (Å²) >= 11 is 3.43. The number of hydrogen-bond donors (Lipinski definition) is 0. The van der Waals surface area contributed by atoms with E-state index >= 15 is 0 Å². The molecule has 3 nitrogen and oxygen atoms in total. The number of amides is 2. The molecular weight excluding hydrogens is 402 g/mol. The second-order valence-electron chi connectivity index (χ2n) is 7.89. The standard InChI is InChI=1S/C23H20BrNO2/c1-12-13(2)19-17-6-4-3-5-16(17)18(12)20-21(19)23(27)25(22(20)26)11-14-7-9-15(24)10-8-14/h3-10,18-21H,11H2,1-2H3. The Morgan fingerprint density at radius 1 is 0.815 bits per heavy atom. The van der Waals surface area contributed by atoms with Crippen LogP contribution in [-0.2, 0) is 16.1 Å². The van der Waals surface area contributed by atoms with Crippen LogP contribution < -0.4 is 0 Å². The fourth-order valence-corrected chi connectivity index (χ4v) is 5.63. The van der Waals surface area contributed by atoms with Crippen LogP contribution in [0.2, 0.25) is 0 Å². The van der Waals surface area contributed by atoms with Gasteiger partial charge in [0.25, 0.3) is 0 Å². The highest BCUT2D eigenvalue weighted by molar-refractivity contribution is 9.10. The van der Waals surface area contributed by atoms with Gasteiger partial charge in [0.2, 0.25) is 11.8 Å². The highest BCUT2D eigenvalue weighted by Gasteiger charge is 2.60. The van der Waals surface area contributed by atoms with Crippen molar-refractivity contribution in [3.63, 3.8) is 0 Å². The van der Waals surface area contributed by atoms with Crippen LogP contribution in [0.3, 0.4) is 0 Å². The van der Waals surface area contributed by atoms with Crippen molar-refractivity contribution in [2.45, 2.75) is 32.2 Å². The van der Waals surface area contributed by atoms with Crippen molar-refractivity contribution >= 4 is 27.7 Å². The number of nitrogens with zero attached hydrogens (tertiary/aromatic N) is 1. The molecule has 0 N–H and O–H groups in total. The molecule has 4 atom stereocenters. The van der Waals surface area contributed by atoms with Crippen molar-refractivity contribution in [1.82, 2.24) is 4.90 Å². The lowest BCUT2D eigenvalue weighted by atomic mass is 9.55. The second-order valence-corrected chi connectivity index (χ2v) is 8.81. The van der Waals surface area contributed by atoms with E-state index in [-0.39, 0.29) is 35.5 Å². The summed E-state index contributed by atoms with van der Waals surface area (Å²) in [4.78, 5) is 28.2. The summed E-state index contributed by atoms with van der Waals surface area (Å²) in [6.45, 7) is 4.62. The molecule has 2 aromatic rings. The van der Waals surface area contributed by atoms with Crippen molar-refractivity contribution in [2.75, 3.05) is 0 Å². The zero-order chi connectivity index (χ0) is 18.9. The van der Waals surface area contributed by atoms with Crippen LogP contribution in [0, 0.1) is 11.8 Å².